The molecule has 9 heteroatoms. The molecule has 1 amide bonds. The maximum Gasteiger partial charge on any atom is 0.316 e. The van der Waals surface area contributed by atoms with Crippen molar-refractivity contribution >= 4 is 23.6 Å². The molecule has 1 heterocycles. The molecule has 1 aromatic heterocycles. The van der Waals surface area contributed by atoms with E-state index in [-0.39, 0.29) is 24.2 Å². The van der Waals surface area contributed by atoms with Crippen molar-refractivity contribution in [2.24, 2.45) is 0 Å². The van der Waals surface area contributed by atoms with Crippen molar-refractivity contribution in [2.45, 2.75) is 45.3 Å². The Labute approximate surface area is 204 Å². The number of carbonyl (C=O) groups is 2. The molecular formula is C25H30N4O4S. The quantitative estimate of drug-likeness (QED) is 0.326. The van der Waals surface area contributed by atoms with Crippen LogP contribution in [0, 0.1) is 0 Å². The van der Waals surface area contributed by atoms with E-state index >= 15 is 0 Å². The number of para-hydroxylation sites is 1. The maximum atomic E-state index is 12.7. The van der Waals surface area contributed by atoms with Crippen molar-refractivity contribution in [1.29, 1.82) is 0 Å². The van der Waals surface area contributed by atoms with Crippen LogP contribution in [0.1, 0.15) is 48.1 Å². The number of carbonyl (C=O) groups excluding carboxylic acids is 2. The fraction of sp³-hybridized carbons (Fsp3) is 0.360. The Bertz CT molecular complexity index is 1110. The highest BCUT2D eigenvalue weighted by Gasteiger charge is 2.21. The van der Waals surface area contributed by atoms with Crippen LogP contribution in [0.25, 0.3) is 5.69 Å². The van der Waals surface area contributed by atoms with Gasteiger partial charge in [-0.3, -0.25) is 14.2 Å². The van der Waals surface area contributed by atoms with Crippen molar-refractivity contribution in [3.05, 3.63) is 65.0 Å². The van der Waals surface area contributed by atoms with E-state index in [1.807, 2.05) is 10.6 Å². The molecule has 0 spiro atoms. The van der Waals surface area contributed by atoms with E-state index in [4.69, 9.17) is 9.47 Å². The summed E-state index contributed by atoms with van der Waals surface area (Å²) in [6.07, 6.45) is 1.64. The Balaban J connectivity index is 1.93. The van der Waals surface area contributed by atoms with E-state index in [1.165, 1.54) is 11.8 Å². The van der Waals surface area contributed by atoms with Gasteiger partial charge in [0, 0.05) is 5.56 Å². The monoisotopic (exact) mass is 482 g/mol. The third-order valence-corrected chi connectivity index (χ3v) is 6.18. The van der Waals surface area contributed by atoms with Gasteiger partial charge >= 0.3 is 5.97 Å². The molecule has 3 rings (SSSR count). The second kappa shape index (κ2) is 12.2. The second-order valence-corrected chi connectivity index (χ2v) is 8.31. The molecule has 0 saturated carbocycles. The van der Waals surface area contributed by atoms with Crippen LogP contribution in [0.3, 0.4) is 0 Å². The summed E-state index contributed by atoms with van der Waals surface area (Å²) in [5.74, 6) is 0.861. The first kappa shape index (κ1) is 25.3. The van der Waals surface area contributed by atoms with E-state index in [0.29, 0.717) is 28.9 Å². The van der Waals surface area contributed by atoms with Gasteiger partial charge in [-0.1, -0.05) is 43.8 Å². The molecule has 0 atom stereocenters. The molecular weight excluding hydrogens is 452 g/mol. The van der Waals surface area contributed by atoms with Crippen LogP contribution in [-0.4, -0.2) is 46.1 Å². The molecule has 0 saturated heterocycles. The van der Waals surface area contributed by atoms with Crippen LogP contribution < -0.4 is 10.1 Å². The standard InChI is InChI=1S/C25H30N4O4S/c1-5-17-9-8-10-18(6-2)23(17)29-21(27-28-25(29)34-16-22(30)33-7-3)15-26-24(31)19-11-13-20(32-4)14-12-19/h8-14H,5-7,15-16H2,1-4H3,(H,26,31). The predicted octanol–water partition coefficient (Wildman–Crippen LogP) is 3.99. The molecule has 3 aromatic rings. The van der Waals surface area contributed by atoms with Gasteiger partial charge in [-0.15, -0.1) is 10.2 Å². The summed E-state index contributed by atoms with van der Waals surface area (Å²) in [5, 5.41) is 12.2. The second-order valence-electron chi connectivity index (χ2n) is 7.37. The number of aromatic nitrogens is 3. The Morgan fingerprint density at radius 1 is 1.00 bits per heavy atom. The molecule has 0 radical (unpaired) electrons. The number of aryl methyl sites for hydroxylation is 2. The van der Waals surface area contributed by atoms with Crippen LogP contribution in [0.5, 0.6) is 5.75 Å². The summed E-state index contributed by atoms with van der Waals surface area (Å²) < 4.78 is 12.2. The Morgan fingerprint density at radius 3 is 2.26 bits per heavy atom. The average Bonchev–Trinajstić information content (AvgIpc) is 3.27. The average molecular weight is 483 g/mol. The fourth-order valence-electron chi connectivity index (χ4n) is 3.57. The summed E-state index contributed by atoms with van der Waals surface area (Å²) in [6, 6.07) is 13.1. The Morgan fingerprint density at radius 2 is 1.68 bits per heavy atom. The predicted molar refractivity (Wildman–Crippen MR) is 132 cm³/mol. The van der Waals surface area contributed by atoms with Gasteiger partial charge < -0.3 is 14.8 Å². The molecule has 0 unspecified atom stereocenters. The maximum absolute atomic E-state index is 12.7. The molecule has 2 aromatic carbocycles. The normalized spacial score (nSPS) is 10.7. The molecule has 0 fully saturated rings. The largest absolute Gasteiger partial charge is 0.497 e. The smallest absolute Gasteiger partial charge is 0.316 e. The first-order valence-electron chi connectivity index (χ1n) is 11.3. The lowest BCUT2D eigenvalue weighted by Gasteiger charge is -2.18. The highest BCUT2D eigenvalue weighted by Crippen LogP contribution is 2.28. The van der Waals surface area contributed by atoms with Crippen molar-refractivity contribution in [3.8, 4) is 11.4 Å². The molecule has 0 bridgehead atoms. The molecule has 0 aliphatic heterocycles. The van der Waals surface area contributed by atoms with Crippen molar-refractivity contribution < 1.29 is 19.1 Å². The summed E-state index contributed by atoms with van der Waals surface area (Å²) in [7, 11) is 1.58. The third kappa shape index (κ3) is 5.96. The van der Waals surface area contributed by atoms with Crippen molar-refractivity contribution in [2.75, 3.05) is 19.5 Å². The minimum absolute atomic E-state index is 0.125. The van der Waals surface area contributed by atoms with Crippen LogP contribution in [0.4, 0.5) is 0 Å². The Kier molecular flexibility index (Phi) is 9.09. The number of nitrogens with one attached hydrogen (secondary N) is 1. The van der Waals surface area contributed by atoms with E-state index in [9.17, 15) is 9.59 Å². The van der Waals surface area contributed by atoms with Crippen molar-refractivity contribution in [3.63, 3.8) is 0 Å². The van der Waals surface area contributed by atoms with Crippen LogP contribution in [0.15, 0.2) is 47.6 Å². The summed E-state index contributed by atoms with van der Waals surface area (Å²) >= 11 is 1.27. The van der Waals surface area contributed by atoms with Gasteiger partial charge in [-0.2, -0.15) is 0 Å². The molecule has 0 aliphatic rings. The van der Waals surface area contributed by atoms with Crippen LogP contribution in [0.2, 0.25) is 0 Å². The zero-order valence-corrected chi connectivity index (χ0v) is 20.8. The number of rotatable bonds is 11. The number of hydrogen-bond acceptors (Lipinski definition) is 7. The van der Waals surface area contributed by atoms with Gasteiger partial charge in [0.15, 0.2) is 11.0 Å². The minimum atomic E-state index is -0.309. The zero-order valence-electron chi connectivity index (χ0n) is 20.0. The SMILES string of the molecule is CCOC(=O)CSc1nnc(CNC(=O)c2ccc(OC)cc2)n1-c1c(CC)cccc1CC. The number of esters is 1. The van der Waals surface area contributed by atoms with Crippen LogP contribution in [-0.2, 0) is 28.9 Å². The number of ether oxygens (including phenoxy) is 2. The number of hydrogen-bond donors (Lipinski definition) is 1. The first-order chi connectivity index (χ1) is 16.5. The number of amides is 1. The summed E-state index contributed by atoms with van der Waals surface area (Å²) in [6.45, 7) is 6.48. The lowest BCUT2D eigenvalue weighted by molar-refractivity contribution is -0.139. The topological polar surface area (TPSA) is 95.3 Å². The molecule has 34 heavy (non-hydrogen) atoms. The lowest BCUT2D eigenvalue weighted by atomic mass is 10.0. The van der Waals surface area contributed by atoms with E-state index in [0.717, 1.165) is 29.7 Å². The Hall–Kier alpha value is -3.33. The van der Waals surface area contributed by atoms with Gasteiger partial charge in [-0.05, 0) is 55.2 Å². The highest BCUT2D eigenvalue weighted by molar-refractivity contribution is 7.99. The van der Waals surface area contributed by atoms with Gasteiger partial charge in [0.2, 0.25) is 0 Å². The molecule has 0 aliphatic carbocycles. The summed E-state index contributed by atoms with van der Waals surface area (Å²) in [5.41, 5.74) is 3.80. The fourth-order valence-corrected chi connectivity index (χ4v) is 4.32. The first-order valence-corrected chi connectivity index (χ1v) is 12.3. The van der Waals surface area contributed by atoms with Gasteiger partial charge in [0.05, 0.1) is 31.7 Å². The molecule has 8 nitrogen and oxygen atoms in total. The number of thioether (sulfide) groups is 1. The number of methoxy groups -OCH3 is 1. The third-order valence-electron chi connectivity index (χ3n) is 5.27. The minimum Gasteiger partial charge on any atom is -0.497 e. The lowest BCUT2D eigenvalue weighted by Crippen LogP contribution is -2.25. The van der Waals surface area contributed by atoms with Crippen LogP contribution >= 0.6 is 11.8 Å². The van der Waals surface area contributed by atoms with Gasteiger partial charge in [0.25, 0.3) is 5.91 Å². The van der Waals surface area contributed by atoms with E-state index < -0.39 is 0 Å². The molecule has 180 valence electrons. The number of nitrogens with zero attached hydrogens (tertiary/aromatic N) is 3. The number of benzene rings is 2. The summed E-state index contributed by atoms with van der Waals surface area (Å²) in [4.78, 5) is 24.7. The van der Waals surface area contributed by atoms with E-state index in [1.54, 1.807) is 38.3 Å². The van der Waals surface area contributed by atoms with E-state index in [2.05, 4.69) is 41.5 Å². The zero-order chi connectivity index (χ0) is 24.5. The van der Waals surface area contributed by atoms with Crippen molar-refractivity contribution in [1.82, 2.24) is 20.1 Å². The van der Waals surface area contributed by atoms with Gasteiger partial charge in [0.1, 0.15) is 5.75 Å². The molecule has 1 N–H and O–H groups in total. The highest BCUT2D eigenvalue weighted by atomic mass is 32.2. The van der Waals surface area contributed by atoms with Gasteiger partial charge in [-0.25, -0.2) is 0 Å².